The van der Waals surface area contributed by atoms with Crippen LogP contribution in [0.4, 0.5) is 0 Å². The third-order valence-corrected chi connectivity index (χ3v) is 5.69. The number of carbonyl (C=O) groups excluding carboxylic acids is 1. The van der Waals surface area contributed by atoms with Gasteiger partial charge in [0.2, 0.25) is 5.91 Å². The Balaban J connectivity index is 1.32. The van der Waals surface area contributed by atoms with Crippen LogP contribution in [0, 0.1) is 5.92 Å². The van der Waals surface area contributed by atoms with Gasteiger partial charge >= 0.3 is 0 Å². The van der Waals surface area contributed by atoms with Gasteiger partial charge in [-0.05, 0) is 62.1 Å². The van der Waals surface area contributed by atoms with Crippen molar-refractivity contribution >= 4 is 17.2 Å². The molecule has 0 radical (unpaired) electrons. The highest BCUT2D eigenvalue weighted by Crippen LogP contribution is 2.33. The molecule has 1 N–H and O–H groups in total. The van der Waals surface area contributed by atoms with Crippen molar-refractivity contribution in [3.05, 3.63) is 54.7 Å². The number of benzene rings is 2. The Morgan fingerprint density at radius 1 is 1.13 bits per heavy atom. The molecule has 4 rings (SSSR count). The Hall–Kier alpha value is -3.06. The summed E-state index contributed by atoms with van der Waals surface area (Å²) in [7, 11) is 0. The highest BCUT2D eigenvalue weighted by Gasteiger charge is 2.21. The second kappa shape index (κ2) is 9.83. The summed E-state index contributed by atoms with van der Waals surface area (Å²) in [5.41, 5.74) is 0.989. The van der Waals surface area contributed by atoms with Crippen molar-refractivity contribution in [2.24, 2.45) is 5.92 Å². The number of hydrogen-bond acceptors (Lipinski definition) is 6. The summed E-state index contributed by atoms with van der Waals surface area (Å²) in [5, 5.41) is 4.38. The number of ether oxygens (including phenoxy) is 3. The minimum Gasteiger partial charge on any atom is -0.493 e. The van der Waals surface area contributed by atoms with Crippen molar-refractivity contribution in [2.45, 2.75) is 32.7 Å². The zero-order valence-electron chi connectivity index (χ0n) is 17.7. The molecule has 0 aliphatic heterocycles. The SMILES string of the molecule is CC(=O)NC(C)COc1cnc(-c2ccc(Oc3cccc(OCC4CC4)c3)cc2)s1. The van der Waals surface area contributed by atoms with Crippen LogP contribution in [0.3, 0.4) is 0 Å². The number of hydrogen-bond donors (Lipinski definition) is 1. The molecule has 1 saturated carbocycles. The van der Waals surface area contributed by atoms with Crippen molar-refractivity contribution in [3.63, 3.8) is 0 Å². The van der Waals surface area contributed by atoms with Gasteiger partial charge < -0.3 is 19.5 Å². The molecule has 6 nitrogen and oxygen atoms in total. The molecule has 7 heteroatoms. The van der Waals surface area contributed by atoms with E-state index in [-0.39, 0.29) is 11.9 Å². The molecule has 0 bridgehead atoms. The molecule has 1 fully saturated rings. The highest BCUT2D eigenvalue weighted by molar-refractivity contribution is 7.16. The Morgan fingerprint density at radius 2 is 1.90 bits per heavy atom. The minimum atomic E-state index is -0.0686. The van der Waals surface area contributed by atoms with E-state index in [4.69, 9.17) is 14.2 Å². The van der Waals surface area contributed by atoms with Crippen LogP contribution < -0.4 is 19.5 Å². The second-order valence-electron chi connectivity index (χ2n) is 7.75. The van der Waals surface area contributed by atoms with E-state index in [1.807, 2.05) is 55.5 Å². The first-order valence-electron chi connectivity index (χ1n) is 10.4. The van der Waals surface area contributed by atoms with Crippen molar-refractivity contribution in [2.75, 3.05) is 13.2 Å². The van der Waals surface area contributed by atoms with Crippen LogP contribution in [0.15, 0.2) is 54.7 Å². The van der Waals surface area contributed by atoms with Gasteiger partial charge in [-0.3, -0.25) is 4.79 Å². The quantitative estimate of drug-likeness (QED) is 0.465. The third-order valence-electron chi connectivity index (χ3n) is 4.73. The Morgan fingerprint density at radius 3 is 2.65 bits per heavy atom. The number of nitrogens with one attached hydrogen (secondary N) is 1. The highest BCUT2D eigenvalue weighted by atomic mass is 32.1. The first kappa shape index (κ1) is 21.2. The summed E-state index contributed by atoms with van der Waals surface area (Å²) >= 11 is 1.47. The van der Waals surface area contributed by atoms with E-state index in [2.05, 4.69) is 10.3 Å². The van der Waals surface area contributed by atoms with E-state index in [0.717, 1.165) is 45.4 Å². The molecule has 0 spiro atoms. The number of nitrogens with zero attached hydrogens (tertiary/aromatic N) is 1. The fraction of sp³-hybridized carbons (Fsp3) is 0.333. The Bertz CT molecular complexity index is 1010. The lowest BCUT2D eigenvalue weighted by Gasteiger charge is -2.12. The number of amides is 1. The zero-order valence-corrected chi connectivity index (χ0v) is 18.5. The Kier molecular flexibility index (Phi) is 6.72. The van der Waals surface area contributed by atoms with Crippen LogP contribution in [0.1, 0.15) is 26.7 Å². The molecule has 2 aromatic carbocycles. The summed E-state index contributed by atoms with van der Waals surface area (Å²) < 4.78 is 17.5. The van der Waals surface area contributed by atoms with Gasteiger partial charge in [0.05, 0.1) is 18.8 Å². The van der Waals surface area contributed by atoms with E-state index in [1.165, 1.54) is 31.1 Å². The maximum Gasteiger partial charge on any atom is 0.217 e. The van der Waals surface area contributed by atoms with Gasteiger partial charge in [-0.25, -0.2) is 4.98 Å². The molecule has 162 valence electrons. The molecule has 1 atom stereocenters. The number of aromatic nitrogens is 1. The van der Waals surface area contributed by atoms with E-state index < -0.39 is 0 Å². The maximum atomic E-state index is 11.1. The van der Waals surface area contributed by atoms with E-state index >= 15 is 0 Å². The lowest BCUT2D eigenvalue weighted by molar-refractivity contribution is -0.119. The first-order valence-corrected chi connectivity index (χ1v) is 11.2. The standard InChI is InChI=1S/C24H26N2O4S/c1-16(26-17(2)27)14-29-23-13-25-24(31-23)19-8-10-20(11-9-19)30-22-5-3-4-21(12-22)28-15-18-6-7-18/h3-5,8-13,16,18H,6-7,14-15H2,1-2H3,(H,26,27). The smallest absolute Gasteiger partial charge is 0.217 e. The molecule has 31 heavy (non-hydrogen) atoms. The molecule has 1 aliphatic rings. The average Bonchev–Trinajstić information content (AvgIpc) is 3.47. The summed E-state index contributed by atoms with van der Waals surface area (Å²) in [5.74, 6) is 2.99. The van der Waals surface area contributed by atoms with Gasteiger partial charge in [0, 0.05) is 18.6 Å². The minimum absolute atomic E-state index is 0.0582. The zero-order chi connectivity index (χ0) is 21.6. The maximum absolute atomic E-state index is 11.1. The molecular weight excluding hydrogens is 412 g/mol. The van der Waals surface area contributed by atoms with Crippen LogP contribution in [0.2, 0.25) is 0 Å². The van der Waals surface area contributed by atoms with Crippen LogP contribution in [0.5, 0.6) is 22.3 Å². The number of thiazole rings is 1. The van der Waals surface area contributed by atoms with Gasteiger partial charge in [0.25, 0.3) is 0 Å². The van der Waals surface area contributed by atoms with Crippen LogP contribution in [0.25, 0.3) is 10.6 Å². The third kappa shape index (κ3) is 6.46. The van der Waals surface area contributed by atoms with Gasteiger partial charge in [-0.15, -0.1) is 0 Å². The lowest BCUT2D eigenvalue weighted by Crippen LogP contribution is -2.35. The fourth-order valence-electron chi connectivity index (χ4n) is 2.98. The van der Waals surface area contributed by atoms with Crippen molar-refractivity contribution in [3.8, 4) is 32.9 Å². The van der Waals surface area contributed by atoms with Gasteiger partial charge in [-0.1, -0.05) is 17.4 Å². The van der Waals surface area contributed by atoms with Gasteiger partial charge in [0.1, 0.15) is 28.9 Å². The second-order valence-corrected chi connectivity index (χ2v) is 8.75. The lowest BCUT2D eigenvalue weighted by atomic mass is 10.2. The van der Waals surface area contributed by atoms with Crippen LogP contribution in [-0.4, -0.2) is 30.1 Å². The summed E-state index contributed by atoms with van der Waals surface area (Å²) in [6.07, 6.45) is 4.24. The number of rotatable bonds is 10. The molecular formula is C24H26N2O4S. The fourth-order valence-corrected chi connectivity index (χ4v) is 3.77. The molecule has 1 unspecified atom stereocenters. The largest absolute Gasteiger partial charge is 0.493 e. The van der Waals surface area contributed by atoms with Crippen molar-refractivity contribution < 1.29 is 19.0 Å². The van der Waals surface area contributed by atoms with Crippen molar-refractivity contribution in [1.82, 2.24) is 10.3 Å². The summed E-state index contributed by atoms with van der Waals surface area (Å²) in [6, 6.07) is 15.5. The van der Waals surface area contributed by atoms with Crippen LogP contribution in [-0.2, 0) is 4.79 Å². The first-order chi connectivity index (χ1) is 15.0. The van der Waals surface area contributed by atoms with E-state index in [1.54, 1.807) is 6.20 Å². The molecule has 1 aliphatic carbocycles. The van der Waals surface area contributed by atoms with Crippen LogP contribution >= 0.6 is 11.3 Å². The predicted molar refractivity (Wildman–Crippen MR) is 121 cm³/mol. The summed E-state index contributed by atoms with van der Waals surface area (Å²) in [4.78, 5) is 15.5. The average molecular weight is 439 g/mol. The van der Waals surface area contributed by atoms with Gasteiger partial charge in [-0.2, -0.15) is 0 Å². The molecule has 1 heterocycles. The van der Waals surface area contributed by atoms with E-state index in [9.17, 15) is 4.79 Å². The Labute approximate surface area is 186 Å². The molecule has 1 amide bonds. The predicted octanol–water partition coefficient (Wildman–Crippen LogP) is 5.29. The number of carbonyl (C=O) groups is 1. The monoisotopic (exact) mass is 438 g/mol. The van der Waals surface area contributed by atoms with Gasteiger partial charge in [0.15, 0.2) is 5.06 Å². The molecule has 1 aromatic heterocycles. The molecule has 0 saturated heterocycles. The molecule has 3 aromatic rings. The van der Waals surface area contributed by atoms with Crippen molar-refractivity contribution in [1.29, 1.82) is 0 Å². The normalized spacial score (nSPS) is 14.0. The topological polar surface area (TPSA) is 69.7 Å². The van der Waals surface area contributed by atoms with E-state index in [0.29, 0.717) is 6.61 Å². The summed E-state index contributed by atoms with van der Waals surface area (Å²) in [6.45, 7) is 4.58.